The number of methoxy groups -OCH3 is 1. The lowest BCUT2D eigenvalue weighted by Gasteiger charge is -2.18. The molecule has 1 rings (SSSR count). The number of benzene rings is 1. The summed E-state index contributed by atoms with van der Waals surface area (Å²) in [4.78, 5) is 11.7. The molecule has 100 valence electrons. The maximum Gasteiger partial charge on any atom is 0.319 e. The molecule has 4 nitrogen and oxygen atoms in total. The zero-order chi connectivity index (χ0) is 13.5. The van der Waals surface area contributed by atoms with Gasteiger partial charge in [-0.05, 0) is 30.5 Å². The van der Waals surface area contributed by atoms with Gasteiger partial charge in [0.2, 0.25) is 0 Å². The highest BCUT2D eigenvalue weighted by Crippen LogP contribution is 2.11. The van der Waals surface area contributed by atoms with Crippen molar-refractivity contribution in [3.05, 3.63) is 29.8 Å². The van der Waals surface area contributed by atoms with Gasteiger partial charge in [0.1, 0.15) is 0 Å². The third-order valence-electron chi connectivity index (χ3n) is 2.85. The minimum Gasteiger partial charge on any atom is -0.380 e. The van der Waals surface area contributed by atoms with E-state index in [2.05, 4.69) is 24.5 Å². The van der Waals surface area contributed by atoms with Crippen LogP contribution in [0.4, 0.5) is 10.5 Å². The number of carbonyl (C=O) groups is 1. The van der Waals surface area contributed by atoms with Crippen molar-refractivity contribution in [2.45, 2.75) is 33.4 Å². The Balaban J connectivity index is 2.56. The first-order valence-corrected chi connectivity index (χ1v) is 6.18. The van der Waals surface area contributed by atoms with Gasteiger partial charge in [-0.3, -0.25) is 0 Å². The van der Waals surface area contributed by atoms with Crippen LogP contribution in [0.2, 0.25) is 0 Å². The number of hydrogen-bond donors (Lipinski definition) is 2. The number of amides is 2. The van der Waals surface area contributed by atoms with Crippen LogP contribution in [-0.4, -0.2) is 19.2 Å². The second-order valence-electron chi connectivity index (χ2n) is 4.76. The van der Waals surface area contributed by atoms with Gasteiger partial charge in [0.05, 0.1) is 6.61 Å². The van der Waals surface area contributed by atoms with E-state index < -0.39 is 0 Å². The molecule has 1 aromatic rings. The largest absolute Gasteiger partial charge is 0.380 e. The van der Waals surface area contributed by atoms with Gasteiger partial charge < -0.3 is 15.4 Å². The van der Waals surface area contributed by atoms with Crippen LogP contribution in [0.3, 0.4) is 0 Å². The van der Waals surface area contributed by atoms with Crippen LogP contribution < -0.4 is 10.6 Å². The summed E-state index contributed by atoms with van der Waals surface area (Å²) in [6, 6.07) is 7.60. The normalized spacial score (nSPS) is 12.3. The lowest BCUT2D eigenvalue weighted by molar-refractivity contribution is 0.185. The van der Waals surface area contributed by atoms with E-state index in [1.54, 1.807) is 7.11 Å². The van der Waals surface area contributed by atoms with Gasteiger partial charge in [-0.15, -0.1) is 0 Å². The average Bonchev–Trinajstić information content (AvgIpc) is 2.29. The number of hydrogen-bond acceptors (Lipinski definition) is 2. The predicted molar refractivity (Wildman–Crippen MR) is 73.6 cm³/mol. The summed E-state index contributed by atoms with van der Waals surface area (Å²) in [6.45, 7) is 6.68. The standard InChI is InChI=1S/C14H22N2O2/c1-10(2)11(3)15-14(17)16-13-7-5-6-12(8-13)9-18-4/h5-8,10-11H,9H2,1-4H3,(H2,15,16,17). The van der Waals surface area contributed by atoms with Gasteiger partial charge in [-0.2, -0.15) is 0 Å². The Morgan fingerprint density at radius 3 is 2.67 bits per heavy atom. The second kappa shape index (κ2) is 7.01. The van der Waals surface area contributed by atoms with Gasteiger partial charge in [0, 0.05) is 18.8 Å². The Bertz CT molecular complexity index is 391. The Hall–Kier alpha value is -1.55. The quantitative estimate of drug-likeness (QED) is 0.844. The molecule has 0 heterocycles. The van der Waals surface area contributed by atoms with Gasteiger partial charge in [-0.25, -0.2) is 4.79 Å². The highest BCUT2D eigenvalue weighted by Gasteiger charge is 2.10. The Kier molecular flexibility index (Phi) is 5.65. The van der Waals surface area contributed by atoms with Crippen molar-refractivity contribution in [3.63, 3.8) is 0 Å². The van der Waals surface area contributed by atoms with Crippen LogP contribution in [0.15, 0.2) is 24.3 Å². The molecule has 0 saturated heterocycles. The Morgan fingerprint density at radius 2 is 2.06 bits per heavy atom. The topological polar surface area (TPSA) is 50.4 Å². The van der Waals surface area contributed by atoms with Crippen molar-refractivity contribution in [1.29, 1.82) is 0 Å². The first kappa shape index (κ1) is 14.5. The van der Waals surface area contributed by atoms with Gasteiger partial charge in [0.15, 0.2) is 0 Å². The van der Waals surface area contributed by atoms with E-state index in [9.17, 15) is 4.79 Å². The van der Waals surface area contributed by atoms with Crippen molar-refractivity contribution in [2.75, 3.05) is 12.4 Å². The first-order chi connectivity index (χ1) is 8.52. The second-order valence-corrected chi connectivity index (χ2v) is 4.76. The average molecular weight is 250 g/mol. The number of anilines is 1. The molecule has 0 bridgehead atoms. The fourth-order valence-electron chi connectivity index (χ4n) is 1.45. The lowest BCUT2D eigenvalue weighted by Crippen LogP contribution is -2.39. The molecule has 0 saturated carbocycles. The third kappa shape index (κ3) is 4.75. The van der Waals surface area contributed by atoms with Crippen molar-refractivity contribution in [1.82, 2.24) is 5.32 Å². The van der Waals surface area contributed by atoms with Crippen LogP contribution in [0, 0.1) is 5.92 Å². The fraction of sp³-hybridized carbons (Fsp3) is 0.500. The van der Waals surface area contributed by atoms with E-state index in [0.29, 0.717) is 12.5 Å². The molecule has 4 heteroatoms. The molecule has 0 aromatic heterocycles. The van der Waals surface area contributed by atoms with Crippen LogP contribution in [0.5, 0.6) is 0 Å². The molecular formula is C14H22N2O2. The molecular weight excluding hydrogens is 228 g/mol. The van der Waals surface area contributed by atoms with Gasteiger partial charge in [0.25, 0.3) is 0 Å². The molecule has 2 N–H and O–H groups in total. The molecule has 0 aliphatic rings. The minimum absolute atomic E-state index is 0.146. The summed E-state index contributed by atoms with van der Waals surface area (Å²) in [5.41, 5.74) is 1.81. The van der Waals surface area contributed by atoms with E-state index in [0.717, 1.165) is 11.3 Å². The van der Waals surface area contributed by atoms with Crippen molar-refractivity contribution < 1.29 is 9.53 Å². The molecule has 0 spiro atoms. The smallest absolute Gasteiger partial charge is 0.319 e. The Labute approximate surface area is 109 Å². The van der Waals surface area contributed by atoms with E-state index in [-0.39, 0.29) is 12.1 Å². The van der Waals surface area contributed by atoms with Crippen LogP contribution in [0.1, 0.15) is 26.3 Å². The van der Waals surface area contributed by atoms with E-state index in [1.807, 2.05) is 31.2 Å². The number of carbonyl (C=O) groups excluding carboxylic acids is 1. The molecule has 1 aromatic carbocycles. The summed E-state index contributed by atoms with van der Waals surface area (Å²) in [5.74, 6) is 0.413. The minimum atomic E-state index is -0.175. The van der Waals surface area contributed by atoms with Crippen LogP contribution in [-0.2, 0) is 11.3 Å². The van der Waals surface area contributed by atoms with Crippen molar-refractivity contribution >= 4 is 11.7 Å². The monoisotopic (exact) mass is 250 g/mol. The highest BCUT2D eigenvalue weighted by atomic mass is 16.5. The number of rotatable bonds is 5. The summed E-state index contributed by atoms with van der Waals surface area (Å²) in [7, 11) is 1.65. The van der Waals surface area contributed by atoms with Gasteiger partial charge in [-0.1, -0.05) is 26.0 Å². The number of nitrogens with one attached hydrogen (secondary N) is 2. The SMILES string of the molecule is COCc1cccc(NC(=O)NC(C)C(C)C)c1. The maximum atomic E-state index is 11.7. The Morgan fingerprint density at radius 1 is 1.33 bits per heavy atom. The zero-order valence-electron chi connectivity index (χ0n) is 11.5. The predicted octanol–water partition coefficient (Wildman–Crippen LogP) is 3.00. The molecule has 0 aliphatic heterocycles. The fourth-order valence-corrected chi connectivity index (χ4v) is 1.45. The summed E-state index contributed by atoms with van der Waals surface area (Å²) < 4.78 is 5.06. The van der Waals surface area contributed by atoms with Gasteiger partial charge >= 0.3 is 6.03 Å². The van der Waals surface area contributed by atoms with E-state index >= 15 is 0 Å². The zero-order valence-corrected chi connectivity index (χ0v) is 11.5. The number of urea groups is 1. The number of ether oxygens (including phenoxy) is 1. The maximum absolute atomic E-state index is 11.7. The molecule has 0 aliphatic carbocycles. The third-order valence-corrected chi connectivity index (χ3v) is 2.85. The molecule has 0 radical (unpaired) electrons. The summed E-state index contributed by atoms with van der Waals surface area (Å²) in [6.07, 6.45) is 0. The highest BCUT2D eigenvalue weighted by molar-refractivity contribution is 5.89. The van der Waals surface area contributed by atoms with Crippen molar-refractivity contribution in [3.8, 4) is 0 Å². The molecule has 1 atom stereocenters. The van der Waals surface area contributed by atoms with E-state index in [1.165, 1.54) is 0 Å². The van der Waals surface area contributed by atoms with Crippen LogP contribution >= 0.6 is 0 Å². The molecule has 1 unspecified atom stereocenters. The first-order valence-electron chi connectivity index (χ1n) is 6.18. The molecule has 18 heavy (non-hydrogen) atoms. The van der Waals surface area contributed by atoms with E-state index in [4.69, 9.17) is 4.74 Å². The summed E-state index contributed by atoms with van der Waals surface area (Å²) >= 11 is 0. The lowest BCUT2D eigenvalue weighted by atomic mass is 10.1. The molecule has 0 fully saturated rings. The van der Waals surface area contributed by atoms with Crippen LogP contribution in [0.25, 0.3) is 0 Å². The molecule has 2 amide bonds. The summed E-state index contributed by atoms with van der Waals surface area (Å²) in [5, 5.41) is 5.72. The van der Waals surface area contributed by atoms with Crippen molar-refractivity contribution in [2.24, 2.45) is 5.92 Å².